The molecule has 94 valence electrons. The van der Waals surface area contributed by atoms with Gasteiger partial charge in [-0.05, 0) is 35.4 Å². The van der Waals surface area contributed by atoms with Gasteiger partial charge in [-0.1, -0.05) is 0 Å². The predicted molar refractivity (Wildman–Crippen MR) is 67.8 cm³/mol. The molecule has 1 N–H and O–H groups in total. The second kappa shape index (κ2) is 5.51. The zero-order chi connectivity index (χ0) is 13.0. The average molecular weight is 245 g/mol. The Morgan fingerprint density at radius 2 is 1.50 bits per heavy atom. The van der Waals surface area contributed by atoms with E-state index in [4.69, 9.17) is 9.47 Å². The van der Waals surface area contributed by atoms with Crippen molar-refractivity contribution in [2.45, 2.75) is 6.10 Å². The Labute approximate surface area is 106 Å². The van der Waals surface area contributed by atoms with E-state index in [9.17, 15) is 5.11 Å². The van der Waals surface area contributed by atoms with E-state index >= 15 is 0 Å². The zero-order valence-electron chi connectivity index (χ0n) is 10.3. The number of pyridine rings is 1. The maximum Gasteiger partial charge on any atom is 0.122 e. The van der Waals surface area contributed by atoms with Gasteiger partial charge < -0.3 is 14.6 Å². The molecule has 0 bridgehead atoms. The number of ether oxygens (including phenoxy) is 2. The second-order valence-electron chi connectivity index (χ2n) is 3.83. The Hall–Kier alpha value is -2.07. The molecule has 0 aliphatic carbocycles. The maximum atomic E-state index is 10.3. The molecule has 0 saturated carbocycles. The lowest BCUT2D eigenvalue weighted by molar-refractivity contribution is 0.219. The summed E-state index contributed by atoms with van der Waals surface area (Å²) in [6, 6.07) is 8.89. The maximum absolute atomic E-state index is 10.3. The van der Waals surface area contributed by atoms with E-state index in [1.165, 1.54) is 0 Å². The van der Waals surface area contributed by atoms with Gasteiger partial charge in [-0.25, -0.2) is 0 Å². The molecule has 2 aromatic rings. The van der Waals surface area contributed by atoms with Gasteiger partial charge in [0.2, 0.25) is 0 Å². The molecular weight excluding hydrogens is 230 g/mol. The van der Waals surface area contributed by atoms with Gasteiger partial charge >= 0.3 is 0 Å². The van der Waals surface area contributed by atoms with Crippen molar-refractivity contribution in [3.8, 4) is 11.5 Å². The topological polar surface area (TPSA) is 51.6 Å². The number of aliphatic hydroxyl groups is 1. The van der Waals surface area contributed by atoms with Crippen LogP contribution in [0.5, 0.6) is 11.5 Å². The minimum Gasteiger partial charge on any atom is -0.497 e. The lowest BCUT2D eigenvalue weighted by Crippen LogP contribution is -2.01. The van der Waals surface area contributed by atoms with Crippen LogP contribution < -0.4 is 9.47 Å². The first kappa shape index (κ1) is 12.4. The van der Waals surface area contributed by atoms with Crippen molar-refractivity contribution < 1.29 is 14.6 Å². The average Bonchev–Trinajstić information content (AvgIpc) is 2.46. The van der Waals surface area contributed by atoms with E-state index in [0.29, 0.717) is 11.5 Å². The van der Waals surface area contributed by atoms with Gasteiger partial charge in [-0.2, -0.15) is 0 Å². The molecule has 1 heterocycles. The van der Waals surface area contributed by atoms with Gasteiger partial charge in [-0.3, -0.25) is 4.98 Å². The van der Waals surface area contributed by atoms with E-state index in [0.717, 1.165) is 11.1 Å². The van der Waals surface area contributed by atoms with Gasteiger partial charge in [0.15, 0.2) is 0 Å². The van der Waals surface area contributed by atoms with Crippen LogP contribution in [-0.2, 0) is 0 Å². The Bertz CT molecular complexity index is 491. The normalized spacial score (nSPS) is 11.9. The van der Waals surface area contributed by atoms with E-state index < -0.39 is 6.10 Å². The highest BCUT2D eigenvalue weighted by Crippen LogP contribution is 2.29. The Morgan fingerprint density at radius 1 is 0.944 bits per heavy atom. The molecule has 4 heteroatoms. The fourth-order valence-electron chi connectivity index (χ4n) is 1.73. The number of nitrogens with zero attached hydrogens (tertiary/aromatic N) is 1. The standard InChI is InChI=1S/C14H15NO3/c1-17-12-7-11(8-13(9-12)18-2)14(16)10-3-5-15-6-4-10/h3-9,14,16H,1-2H3. The monoisotopic (exact) mass is 245 g/mol. The molecule has 1 aromatic heterocycles. The minimum absolute atomic E-state index is 0.650. The summed E-state index contributed by atoms with van der Waals surface area (Å²) in [5.41, 5.74) is 1.50. The van der Waals surface area contributed by atoms with Crippen LogP contribution in [0.15, 0.2) is 42.7 Å². The molecule has 1 unspecified atom stereocenters. The molecule has 18 heavy (non-hydrogen) atoms. The zero-order valence-corrected chi connectivity index (χ0v) is 10.3. The van der Waals surface area contributed by atoms with Crippen LogP contribution in [0.2, 0.25) is 0 Å². The van der Waals surface area contributed by atoms with Crippen LogP contribution in [0.25, 0.3) is 0 Å². The molecule has 0 fully saturated rings. The van der Waals surface area contributed by atoms with Crippen LogP contribution in [0.1, 0.15) is 17.2 Å². The van der Waals surface area contributed by atoms with Crippen molar-refractivity contribution in [3.05, 3.63) is 53.9 Å². The van der Waals surface area contributed by atoms with Crippen molar-refractivity contribution in [1.82, 2.24) is 4.98 Å². The molecule has 0 aliphatic rings. The molecule has 1 atom stereocenters. The third-order valence-electron chi connectivity index (χ3n) is 2.71. The lowest BCUT2D eigenvalue weighted by Gasteiger charge is -2.14. The van der Waals surface area contributed by atoms with E-state index in [2.05, 4.69) is 4.98 Å². The van der Waals surface area contributed by atoms with Crippen molar-refractivity contribution >= 4 is 0 Å². The molecule has 0 radical (unpaired) electrons. The number of hydrogen-bond acceptors (Lipinski definition) is 4. The van der Waals surface area contributed by atoms with Gasteiger partial charge in [0.05, 0.1) is 14.2 Å². The number of aromatic nitrogens is 1. The largest absolute Gasteiger partial charge is 0.497 e. The molecule has 2 rings (SSSR count). The van der Waals surface area contributed by atoms with Crippen molar-refractivity contribution in [1.29, 1.82) is 0 Å². The van der Waals surface area contributed by atoms with Gasteiger partial charge in [-0.15, -0.1) is 0 Å². The summed E-state index contributed by atoms with van der Waals surface area (Å²) in [6.07, 6.45) is 2.57. The van der Waals surface area contributed by atoms with Crippen molar-refractivity contribution in [2.24, 2.45) is 0 Å². The number of methoxy groups -OCH3 is 2. The number of rotatable bonds is 4. The van der Waals surface area contributed by atoms with Crippen LogP contribution in [0.4, 0.5) is 0 Å². The minimum atomic E-state index is -0.725. The fraction of sp³-hybridized carbons (Fsp3) is 0.214. The summed E-state index contributed by atoms with van der Waals surface area (Å²) in [7, 11) is 3.16. The summed E-state index contributed by atoms with van der Waals surface area (Å²) in [6.45, 7) is 0. The van der Waals surface area contributed by atoms with Gasteiger partial charge in [0.25, 0.3) is 0 Å². The lowest BCUT2D eigenvalue weighted by atomic mass is 10.0. The molecule has 0 spiro atoms. The number of aliphatic hydroxyl groups excluding tert-OH is 1. The number of hydrogen-bond donors (Lipinski definition) is 1. The fourth-order valence-corrected chi connectivity index (χ4v) is 1.73. The van der Waals surface area contributed by atoms with E-state index in [-0.39, 0.29) is 0 Å². The molecular formula is C14H15NO3. The quantitative estimate of drug-likeness (QED) is 0.897. The second-order valence-corrected chi connectivity index (χ2v) is 3.83. The summed E-state index contributed by atoms with van der Waals surface area (Å²) < 4.78 is 10.4. The van der Waals surface area contributed by atoms with Gasteiger partial charge in [0.1, 0.15) is 17.6 Å². The predicted octanol–water partition coefficient (Wildman–Crippen LogP) is 2.18. The molecule has 1 aromatic carbocycles. The third-order valence-corrected chi connectivity index (χ3v) is 2.71. The van der Waals surface area contributed by atoms with E-state index in [1.54, 1.807) is 56.9 Å². The highest BCUT2D eigenvalue weighted by Gasteiger charge is 2.12. The molecule has 0 aliphatic heterocycles. The summed E-state index contributed by atoms with van der Waals surface area (Å²) >= 11 is 0. The van der Waals surface area contributed by atoms with Crippen LogP contribution >= 0.6 is 0 Å². The summed E-state index contributed by atoms with van der Waals surface area (Å²) in [5, 5.41) is 10.3. The van der Waals surface area contributed by atoms with Crippen molar-refractivity contribution in [3.63, 3.8) is 0 Å². The molecule has 0 saturated heterocycles. The Kier molecular flexibility index (Phi) is 3.79. The highest BCUT2D eigenvalue weighted by atomic mass is 16.5. The summed E-state index contributed by atoms with van der Waals surface area (Å²) in [5.74, 6) is 1.30. The Balaban J connectivity index is 2.38. The van der Waals surface area contributed by atoms with Gasteiger partial charge in [0, 0.05) is 18.5 Å². The SMILES string of the molecule is COc1cc(OC)cc(C(O)c2ccncc2)c1. The van der Waals surface area contributed by atoms with E-state index in [1.807, 2.05) is 0 Å². The first-order valence-electron chi connectivity index (χ1n) is 5.55. The smallest absolute Gasteiger partial charge is 0.122 e. The van der Waals surface area contributed by atoms with Crippen molar-refractivity contribution in [2.75, 3.05) is 14.2 Å². The van der Waals surface area contributed by atoms with Crippen LogP contribution in [0, 0.1) is 0 Å². The number of benzene rings is 1. The highest BCUT2D eigenvalue weighted by molar-refractivity contribution is 5.41. The molecule has 0 amide bonds. The van der Waals surface area contributed by atoms with Crippen LogP contribution in [0.3, 0.4) is 0 Å². The first-order chi connectivity index (χ1) is 8.74. The third kappa shape index (κ3) is 2.60. The molecule has 4 nitrogen and oxygen atoms in total. The Morgan fingerprint density at radius 3 is 2.00 bits per heavy atom. The first-order valence-corrected chi connectivity index (χ1v) is 5.55. The van der Waals surface area contributed by atoms with Crippen LogP contribution in [-0.4, -0.2) is 24.3 Å². The summed E-state index contributed by atoms with van der Waals surface area (Å²) in [4.78, 5) is 3.93.